The topological polar surface area (TPSA) is 93.2 Å². The Hall–Kier alpha value is -2.13. The molecule has 0 heterocycles. The molecule has 0 aliphatic carbocycles. The van der Waals surface area contributed by atoms with E-state index >= 15 is 0 Å². The van der Waals surface area contributed by atoms with Gasteiger partial charge in [-0.3, -0.25) is 14.9 Å². The van der Waals surface area contributed by atoms with E-state index < -0.39 is 10.9 Å². The van der Waals surface area contributed by atoms with E-state index in [4.69, 9.17) is 16.9 Å². The summed E-state index contributed by atoms with van der Waals surface area (Å²) in [6.45, 7) is 0. The predicted molar refractivity (Wildman–Crippen MR) is 63.1 cm³/mol. The van der Waals surface area contributed by atoms with Gasteiger partial charge in [0.05, 0.1) is 18.5 Å². The van der Waals surface area contributed by atoms with Gasteiger partial charge in [0.2, 0.25) is 0 Å². The van der Waals surface area contributed by atoms with Gasteiger partial charge in [0.1, 0.15) is 11.6 Å². The first-order valence-corrected chi connectivity index (χ1v) is 5.40. The molecule has 0 aliphatic heterocycles. The zero-order valence-electron chi connectivity index (χ0n) is 9.47. The molecule has 0 radical (unpaired) electrons. The van der Waals surface area contributed by atoms with Crippen LogP contribution in [-0.2, 0) is 21.8 Å². The van der Waals surface area contributed by atoms with Gasteiger partial charge >= 0.3 is 5.97 Å². The summed E-state index contributed by atoms with van der Waals surface area (Å²) < 4.78 is 4.49. The van der Waals surface area contributed by atoms with E-state index in [2.05, 4.69) is 4.74 Å². The smallest absolute Gasteiger partial charge is 0.309 e. The second-order valence-corrected chi connectivity index (χ2v) is 3.66. The number of nitro groups is 1. The quantitative estimate of drug-likeness (QED) is 0.360. The highest BCUT2D eigenvalue weighted by Crippen LogP contribution is 2.25. The highest BCUT2D eigenvalue weighted by molar-refractivity contribution is 6.17. The summed E-state index contributed by atoms with van der Waals surface area (Å²) in [7, 11) is 1.22. The number of alkyl halides is 1. The Bertz CT molecular complexity index is 537. The van der Waals surface area contributed by atoms with Gasteiger partial charge in [-0.05, 0) is 17.2 Å². The van der Waals surface area contributed by atoms with Gasteiger partial charge in [-0.2, -0.15) is 5.26 Å². The fraction of sp³-hybridized carbons (Fsp3) is 0.273. The molecule has 1 rings (SSSR count). The molecule has 6 nitrogen and oxygen atoms in total. The van der Waals surface area contributed by atoms with Crippen molar-refractivity contribution in [2.45, 2.75) is 12.3 Å². The maximum absolute atomic E-state index is 11.2. The fourth-order valence-corrected chi connectivity index (χ4v) is 1.68. The summed E-state index contributed by atoms with van der Waals surface area (Å²) in [6.07, 6.45) is -0.120. The third-order valence-electron chi connectivity index (χ3n) is 2.34. The van der Waals surface area contributed by atoms with Crippen LogP contribution in [0.2, 0.25) is 0 Å². The first-order chi connectivity index (χ1) is 8.53. The van der Waals surface area contributed by atoms with Crippen molar-refractivity contribution in [1.82, 2.24) is 0 Å². The minimum atomic E-state index is -0.669. The van der Waals surface area contributed by atoms with Gasteiger partial charge in [-0.15, -0.1) is 11.6 Å². The number of hydrogen-bond acceptors (Lipinski definition) is 5. The second-order valence-electron chi connectivity index (χ2n) is 3.39. The van der Waals surface area contributed by atoms with Gasteiger partial charge in [-0.25, -0.2) is 0 Å². The van der Waals surface area contributed by atoms with Crippen LogP contribution >= 0.6 is 11.6 Å². The van der Waals surface area contributed by atoms with Crippen LogP contribution in [0.4, 0.5) is 5.69 Å². The molecule has 0 amide bonds. The molecule has 94 valence electrons. The van der Waals surface area contributed by atoms with E-state index in [1.807, 2.05) is 0 Å². The monoisotopic (exact) mass is 268 g/mol. The van der Waals surface area contributed by atoms with Crippen LogP contribution in [0.3, 0.4) is 0 Å². The Morgan fingerprint density at radius 1 is 1.56 bits per heavy atom. The molecule has 0 N–H and O–H groups in total. The molecule has 0 unspecified atom stereocenters. The molecular weight excluding hydrogens is 260 g/mol. The van der Waals surface area contributed by atoms with E-state index in [1.54, 1.807) is 6.07 Å². The largest absolute Gasteiger partial charge is 0.469 e. The summed E-state index contributed by atoms with van der Waals surface area (Å²) >= 11 is 5.69. The number of rotatable bonds is 4. The Kier molecular flexibility index (Phi) is 4.63. The SMILES string of the molecule is COC(=O)Cc1cc([N+](=O)[O-])c(C#N)cc1CCl. The molecule has 0 bridgehead atoms. The number of benzene rings is 1. The first-order valence-electron chi connectivity index (χ1n) is 4.86. The average molecular weight is 269 g/mol. The molecule has 18 heavy (non-hydrogen) atoms. The summed E-state index contributed by atoms with van der Waals surface area (Å²) in [4.78, 5) is 21.3. The molecule has 0 atom stereocenters. The molecule has 0 saturated carbocycles. The number of methoxy groups -OCH3 is 1. The van der Waals surface area contributed by atoms with Crippen molar-refractivity contribution in [2.24, 2.45) is 0 Å². The summed E-state index contributed by atoms with van der Waals surface area (Å²) in [6, 6.07) is 4.24. The Morgan fingerprint density at radius 2 is 2.22 bits per heavy atom. The number of esters is 1. The number of hydrogen-bond donors (Lipinski definition) is 0. The van der Waals surface area contributed by atoms with Crippen molar-refractivity contribution in [3.8, 4) is 6.07 Å². The Labute approximate surface area is 108 Å². The van der Waals surface area contributed by atoms with E-state index in [0.717, 1.165) is 0 Å². The minimum Gasteiger partial charge on any atom is -0.469 e. The fourth-order valence-electron chi connectivity index (χ4n) is 1.43. The molecule has 0 fully saturated rings. The summed E-state index contributed by atoms with van der Waals surface area (Å²) in [5, 5.41) is 19.6. The Balaban J connectivity index is 3.33. The molecule has 0 aromatic heterocycles. The average Bonchev–Trinajstić information content (AvgIpc) is 2.37. The molecule has 0 aliphatic rings. The van der Waals surface area contributed by atoms with Crippen molar-refractivity contribution in [2.75, 3.05) is 7.11 Å². The Morgan fingerprint density at radius 3 is 2.67 bits per heavy atom. The van der Waals surface area contributed by atoms with Crippen LogP contribution in [0.5, 0.6) is 0 Å². The lowest BCUT2D eigenvalue weighted by atomic mass is 10.0. The first kappa shape index (κ1) is 13.9. The summed E-state index contributed by atoms with van der Waals surface area (Å²) in [5.41, 5.74) is 0.473. The number of nitriles is 1. The van der Waals surface area contributed by atoms with Gasteiger partial charge in [0, 0.05) is 11.9 Å². The normalized spacial score (nSPS) is 9.61. The van der Waals surface area contributed by atoms with Gasteiger partial charge in [-0.1, -0.05) is 0 Å². The zero-order valence-corrected chi connectivity index (χ0v) is 10.2. The number of halogens is 1. The highest BCUT2D eigenvalue weighted by Gasteiger charge is 2.19. The zero-order chi connectivity index (χ0) is 13.7. The van der Waals surface area contributed by atoms with Crippen molar-refractivity contribution < 1.29 is 14.5 Å². The van der Waals surface area contributed by atoms with E-state index in [1.165, 1.54) is 19.2 Å². The van der Waals surface area contributed by atoms with E-state index in [0.29, 0.717) is 11.1 Å². The molecule has 1 aromatic carbocycles. The van der Waals surface area contributed by atoms with E-state index in [-0.39, 0.29) is 23.6 Å². The third kappa shape index (κ3) is 2.96. The van der Waals surface area contributed by atoms with Gasteiger partial charge in [0.25, 0.3) is 5.69 Å². The van der Waals surface area contributed by atoms with Crippen LogP contribution in [0.15, 0.2) is 12.1 Å². The lowest BCUT2D eigenvalue weighted by molar-refractivity contribution is -0.385. The predicted octanol–water partition coefficient (Wildman–Crippen LogP) is 1.92. The lowest BCUT2D eigenvalue weighted by Crippen LogP contribution is -2.08. The van der Waals surface area contributed by atoms with Crippen LogP contribution in [0.25, 0.3) is 0 Å². The lowest BCUT2D eigenvalue weighted by Gasteiger charge is -2.07. The number of carbonyl (C=O) groups excluding carboxylic acids is 1. The standard InChI is InChI=1S/C11H9ClN2O4/c1-18-11(15)4-7-3-10(14(16)17)9(6-13)2-8(7)5-12/h2-3H,4-5H2,1H3. The highest BCUT2D eigenvalue weighted by atomic mass is 35.5. The van der Waals surface area contributed by atoms with Crippen molar-refractivity contribution in [3.63, 3.8) is 0 Å². The van der Waals surface area contributed by atoms with Crippen molar-refractivity contribution in [3.05, 3.63) is 38.9 Å². The minimum absolute atomic E-state index is 0.0546. The number of nitro benzene ring substituents is 1. The van der Waals surface area contributed by atoms with Crippen LogP contribution in [-0.4, -0.2) is 18.0 Å². The maximum Gasteiger partial charge on any atom is 0.309 e. The number of ether oxygens (including phenoxy) is 1. The second kappa shape index (κ2) is 5.98. The number of nitrogens with zero attached hydrogens (tertiary/aromatic N) is 2. The van der Waals surface area contributed by atoms with Crippen LogP contribution in [0, 0.1) is 21.4 Å². The van der Waals surface area contributed by atoms with Crippen LogP contribution < -0.4 is 0 Å². The molecule has 0 saturated heterocycles. The molecular formula is C11H9ClN2O4. The number of carbonyl (C=O) groups is 1. The molecule has 0 spiro atoms. The third-order valence-corrected chi connectivity index (χ3v) is 2.63. The molecule has 7 heteroatoms. The van der Waals surface area contributed by atoms with Crippen LogP contribution in [0.1, 0.15) is 16.7 Å². The summed E-state index contributed by atoms with van der Waals surface area (Å²) in [5.74, 6) is -0.473. The van der Waals surface area contributed by atoms with Crippen molar-refractivity contribution in [1.29, 1.82) is 5.26 Å². The maximum atomic E-state index is 11.2. The van der Waals surface area contributed by atoms with Gasteiger partial charge < -0.3 is 4.74 Å². The van der Waals surface area contributed by atoms with Crippen molar-refractivity contribution >= 4 is 23.3 Å². The van der Waals surface area contributed by atoms with E-state index in [9.17, 15) is 14.9 Å². The van der Waals surface area contributed by atoms with Gasteiger partial charge in [0.15, 0.2) is 0 Å². The molecule has 1 aromatic rings.